The largest absolute Gasteiger partial charge is 0.509 e. The number of alkyl carbamates (subject to hydrolysis) is 1. The van der Waals surface area contributed by atoms with Crippen molar-refractivity contribution in [1.29, 1.82) is 0 Å². The highest BCUT2D eigenvalue weighted by molar-refractivity contribution is 6.68. The van der Waals surface area contributed by atoms with Crippen molar-refractivity contribution in [2.24, 2.45) is 0 Å². The van der Waals surface area contributed by atoms with Crippen LogP contribution in [0.2, 0.25) is 0 Å². The third-order valence-corrected chi connectivity index (χ3v) is 12.9. The lowest BCUT2D eigenvalue weighted by molar-refractivity contribution is -0.289. The van der Waals surface area contributed by atoms with Gasteiger partial charge in [0.25, 0.3) is 5.06 Å². The Morgan fingerprint density at radius 3 is 1.66 bits per heavy atom. The van der Waals surface area contributed by atoms with Crippen molar-refractivity contribution in [1.82, 2.24) is 5.32 Å². The van der Waals surface area contributed by atoms with Crippen LogP contribution in [0.5, 0.6) is 0 Å². The number of hydrogen-bond acceptors (Lipinski definition) is 12. The molecule has 1 amide bonds. The molecule has 1 fully saturated rings. The van der Waals surface area contributed by atoms with Crippen molar-refractivity contribution in [3.8, 4) is 0 Å². The molecule has 6 atom stereocenters. The molecule has 0 unspecified atom stereocenters. The molecule has 0 radical (unpaired) electrons. The summed E-state index contributed by atoms with van der Waals surface area (Å²) < 4.78 is 22.4. The van der Waals surface area contributed by atoms with Crippen LogP contribution in [-0.4, -0.2) is 101 Å². The van der Waals surface area contributed by atoms with Gasteiger partial charge in [0, 0.05) is 12.8 Å². The van der Waals surface area contributed by atoms with Crippen LogP contribution in [0.3, 0.4) is 0 Å². The molecule has 0 spiro atoms. The van der Waals surface area contributed by atoms with E-state index in [2.05, 4.69) is 13.8 Å². The summed E-state index contributed by atoms with van der Waals surface area (Å²) in [5.41, 5.74) is -5.05. The number of alkyl halides is 7. The van der Waals surface area contributed by atoms with E-state index < -0.39 is 92.0 Å². The van der Waals surface area contributed by atoms with Crippen molar-refractivity contribution >= 4 is 105 Å². The summed E-state index contributed by atoms with van der Waals surface area (Å²) in [6, 6.07) is 0. The minimum atomic E-state index is -3.34. The van der Waals surface area contributed by atoms with Crippen LogP contribution in [0.15, 0.2) is 0 Å². The molecule has 0 aromatic carbocycles. The zero-order chi connectivity index (χ0) is 47.0. The maximum absolute atomic E-state index is 14.3. The summed E-state index contributed by atoms with van der Waals surface area (Å²) in [5.74, 6) is -1.72. The monoisotopic (exact) mass is 1030 g/mol. The average molecular weight is 1030 g/mol. The van der Waals surface area contributed by atoms with Crippen molar-refractivity contribution < 1.29 is 58.2 Å². The standard InChI is InChI=1S/C42H70Cl7NO12/c1-5-7-9-11-13-15-16-18-20-22-24-26-33(52)60-30(25-23-21-19-17-14-12-10-8-6-2)27-32(51)40(46)41(57,50-36(55)59-29-39(43,44)45)35(54)34(53)31(61-40)28-58-37(56)62-38(3,4)42(47,48)49/h30-31,34-35,53-54,57H,5-29H2,1-4H3,(H,50,55)/t30-,31-,34-,35+,40+,41-/m1/s1. The number of Topliss-reactive ketones (excluding diaryl/α,β-unsaturated/α-hetero) is 1. The van der Waals surface area contributed by atoms with E-state index in [1.807, 2.05) is 5.32 Å². The molecule has 0 saturated carbocycles. The minimum Gasteiger partial charge on any atom is -0.462 e. The van der Waals surface area contributed by atoms with Gasteiger partial charge in [-0.2, -0.15) is 0 Å². The van der Waals surface area contributed by atoms with Gasteiger partial charge in [0.05, 0.1) is 0 Å². The Bertz CT molecular complexity index is 1320. The van der Waals surface area contributed by atoms with Gasteiger partial charge in [-0.3, -0.25) is 14.9 Å². The Kier molecular flexibility index (Phi) is 28.9. The second-order valence-corrected chi connectivity index (χ2v) is 21.9. The maximum atomic E-state index is 14.3. The SMILES string of the molecule is CCCCCCCCCCCCCC(=O)O[C@H](CCCCCCCCCCC)CC(=O)[C@]1(Cl)O[C@H](COC(=O)OC(C)(C)C(Cl)(Cl)Cl)[C@@H](O)[C@H](O)[C@]1(O)NC(=O)OCC(Cl)(Cl)Cl. The van der Waals surface area contributed by atoms with E-state index in [4.69, 9.17) is 105 Å². The molecular formula is C42H70Cl7NO12. The van der Waals surface area contributed by atoms with Gasteiger partial charge in [0.1, 0.15) is 37.6 Å². The molecular weight excluding hydrogens is 959 g/mol. The molecule has 1 heterocycles. The second kappa shape index (κ2) is 30.0. The zero-order valence-corrected chi connectivity index (χ0v) is 41.9. The van der Waals surface area contributed by atoms with E-state index in [0.29, 0.717) is 12.8 Å². The van der Waals surface area contributed by atoms with E-state index in [9.17, 15) is 34.5 Å². The molecule has 1 rings (SSSR count). The molecule has 1 aliphatic rings. The fourth-order valence-corrected chi connectivity index (χ4v) is 7.39. The van der Waals surface area contributed by atoms with Gasteiger partial charge in [0.15, 0.2) is 11.4 Å². The summed E-state index contributed by atoms with van der Waals surface area (Å²) in [7, 11) is 0. The average Bonchev–Trinajstić information content (AvgIpc) is 3.17. The molecule has 364 valence electrons. The van der Waals surface area contributed by atoms with Gasteiger partial charge in [-0.25, -0.2) is 9.59 Å². The number of amides is 1. The smallest absolute Gasteiger partial charge is 0.462 e. The van der Waals surface area contributed by atoms with E-state index in [1.54, 1.807) is 0 Å². The number of unbranched alkanes of at least 4 members (excludes halogenated alkanes) is 18. The lowest BCUT2D eigenvalue weighted by Gasteiger charge is -2.51. The first-order chi connectivity index (χ1) is 28.9. The Morgan fingerprint density at radius 1 is 0.726 bits per heavy atom. The maximum Gasteiger partial charge on any atom is 0.509 e. The third-order valence-electron chi connectivity index (χ3n) is 10.7. The van der Waals surface area contributed by atoms with Crippen molar-refractivity contribution in [2.45, 2.75) is 224 Å². The summed E-state index contributed by atoms with van der Waals surface area (Å²) in [6.45, 7) is 5.14. The Labute approximate surface area is 403 Å². The number of carbonyl (C=O) groups excluding carboxylic acids is 4. The van der Waals surface area contributed by atoms with Crippen LogP contribution in [0.1, 0.15) is 175 Å². The highest BCUT2D eigenvalue weighted by Gasteiger charge is 2.68. The minimum absolute atomic E-state index is 0.109. The summed E-state index contributed by atoms with van der Waals surface area (Å²) in [6.07, 6.45) is 10.3. The van der Waals surface area contributed by atoms with Crippen LogP contribution >= 0.6 is 81.2 Å². The normalized spacial score (nSPS) is 22.5. The van der Waals surface area contributed by atoms with E-state index in [0.717, 1.165) is 64.2 Å². The van der Waals surface area contributed by atoms with Gasteiger partial charge >= 0.3 is 18.2 Å². The topological polar surface area (TPSA) is 187 Å². The Balaban J connectivity index is 3.23. The first-order valence-electron chi connectivity index (χ1n) is 22.1. The van der Waals surface area contributed by atoms with E-state index >= 15 is 0 Å². The number of halogens is 7. The molecule has 0 bridgehead atoms. The van der Waals surface area contributed by atoms with Crippen molar-refractivity contribution in [2.75, 3.05) is 13.2 Å². The zero-order valence-electron chi connectivity index (χ0n) is 36.6. The lowest BCUT2D eigenvalue weighted by atomic mass is 9.84. The third kappa shape index (κ3) is 22.4. The van der Waals surface area contributed by atoms with E-state index in [1.165, 1.54) is 65.2 Å². The molecule has 62 heavy (non-hydrogen) atoms. The summed E-state index contributed by atoms with van der Waals surface area (Å²) >= 11 is 41.5. The lowest BCUT2D eigenvalue weighted by Crippen LogP contribution is -2.79. The van der Waals surface area contributed by atoms with E-state index in [-0.39, 0.29) is 12.8 Å². The molecule has 1 saturated heterocycles. The number of rotatable bonds is 31. The van der Waals surface area contributed by atoms with Crippen LogP contribution in [0, 0.1) is 0 Å². The molecule has 20 heteroatoms. The quantitative estimate of drug-likeness (QED) is 0.0169. The number of hydrogen-bond donors (Lipinski definition) is 4. The molecule has 1 aliphatic heterocycles. The molecule has 13 nitrogen and oxygen atoms in total. The van der Waals surface area contributed by atoms with Crippen molar-refractivity contribution in [3.63, 3.8) is 0 Å². The fraction of sp³-hybridized carbons (Fsp3) is 0.905. The number of carbonyl (C=O) groups is 4. The van der Waals surface area contributed by atoms with Crippen LogP contribution < -0.4 is 5.32 Å². The number of ketones is 1. The van der Waals surface area contributed by atoms with Gasteiger partial charge in [-0.15, -0.1) is 0 Å². The summed E-state index contributed by atoms with van der Waals surface area (Å²) in [4.78, 5) is 53.0. The van der Waals surface area contributed by atoms with Crippen LogP contribution in [0.4, 0.5) is 9.59 Å². The molecule has 0 aromatic rings. The fourth-order valence-electron chi connectivity index (χ4n) is 6.76. The highest BCUT2D eigenvalue weighted by atomic mass is 35.6. The summed E-state index contributed by atoms with van der Waals surface area (Å²) in [5, 5.41) is 33.0. The number of aliphatic hydroxyl groups excluding tert-OH is 2. The Hall–Kier alpha value is -0.450. The van der Waals surface area contributed by atoms with Crippen LogP contribution in [0.25, 0.3) is 0 Å². The van der Waals surface area contributed by atoms with Crippen LogP contribution in [-0.2, 0) is 33.3 Å². The second-order valence-electron chi connectivity index (χ2n) is 16.6. The van der Waals surface area contributed by atoms with Gasteiger partial charge in [0.2, 0.25) is 13.3 Å². The highest BCUT2D eigenvalue weighted by Crippen LogP contribution is 2.43. The van der Waals surface area contributed by atoms with Gasteiger partial charge < -0.3 is 39.0 Å². The predicted molar refractivity (Wildman–Crippen MR) is 244 cm³/mol. The predicted octanol–water partition coefficient (Wildman–Crippen LogP) is 11.6. The Morgan fingerprint density at radius 2 is 1.19 bits per heavy atom. The van der Waals surface area contributed by atoms with Gasteiger partial charge in [-0.1, -0.05) is 211 Å². The number of nitrogens with one attached hydrogen (secondary N) is 1. The molecule has 0 aromatic heterocycles. The first-order valence-corrected chi connectivity index (χ1v) is 24.7. The van der Waals surface area contributed by atoms with Gasteiger partial charge in [-0.05, 0) is 33.1 Å². The van der Waals surface area contributed by atoms with Crippen molar-refractivity contribution in [3.05, 3.63) is 0 Å². The molecule has 4 N–H and O–H groups in total. The number of ether oxygens (including phenoxy) is 5. The molecule has 0 aliphatic carbocycles. The number of aliphatic hydroxyl groups is 3. The number of esters is 1. The first kappa shape index (κ1) is 59.6.